The molecule has 0 radical (unpaired) electrons. The molecule has 1 amide bonds. The van der Waals surface area contributed by atoms with E-state index in [1.807, 2.05) is 0 Å². The lowest BCUT2D eigenvalue weighted by molar-refractivity contribution is -0.122. The first-order valence-corrected chi connectivity index (χ1v) is 11.0. The van der Waals surface area contributed by atoms with E-state index in [1.165, 1.54) is 48.9 Å². The third-order valence-electron chi connectivity index (χ3n) is 4.77. The summed E-state index contributed by atoms with van der Waals surface area (Å²) in [5.74, 6) is 2.46. The number of methoxy groups -OCH3 is 6. The van der Waals surface area contributed by atoms with E-state index < -0.39 is 0 Å². The van der Waals surface area contributed by atoms with E-state index in [0.717, 1.165) is 16.8 Å². The first-order chi connectivity index (χ1) is 16.4. The summed E-state index contributed by atoms with van der Waals surface area (Å²) in [6, 6.07) is 6.92. The third-order valence-corrected chi connectivity index (χ3v) is 6.05. The molecular weight excluding hydrogens is 480 g/mol. The lowest BCUT2D eigenvalue weighted by Gasteiger charge is -2.13. The van der Waals surface area contributed by atoms with Gasteiger partial charge >= 0.3 is 0 Å². The van der Waals surface area contributed by atoms with E-state index in [2.05, 4.69) is 5.10 Å². The molecule has 3 rings (SSSR count). The highest BCUT2D eigenvalue weighted by atomic mass is 32.2. The molecule has 0 aliphatic carbocycles. The number of nitrogens with zero attached hydrogens (tertiary/aromatic N) is 2. The highest BCUT2D eigenvalue weighted by Gasteiger charge is 2.32. The molecule has 0 aromatic heterocycles. The fourth-order valence-corrected chi connectivity index (χ4v) is 4.37. The van der Waals surface area contributed by atoms with E-state index in [9.17, 15) is 4.79 Å². The fraction of sp³-hybridized carbons (Fsp3) is 0.261. The Morgan fingerprint density at radius 1 is 0.765 bits per heavy atom. The molecule has 0 spiro atoms. The van der Waals surface area contributed by atoms with Gasteiger partial charge in [0.15, 0.2) is 27.3 Å². The van der Waals surface area contributed by atoms with Gasteiger partial charge in [-0.2, -0.15) is 10.1 Å². The number of hydrogen-bond donors (Lipinski definition) is 0. The van der Waals surface area contributed by atoms with Gasteiger partial charge in [0.05, 0.1) is 53.8 Å². The summed E-state index contributed by atoms with van der Waals surface area (Å²) in [7, 11) is 9.14. The van der Waals surface area contributed by atoms with E-state index in [4.69, 9.17) is 40.6 Å². The van der Waals surface area contributed by atoms with Crippen LogP contribution in [0.5, 0.6) is 34.5 Å². The average Bonchev–Trinajstić information content (AvgIpc) is 3.12. The van der Waals surface area contributed by atoms with E-state index >= 15 is 0 Å². The molecule has 1 heterocycles. The van der Waals surface area contributed by atoms with Crippen LogP contribution in [0.2, 0.25) is 0 Å². The Labute approximate surface area is 207 Å². The number of thiocarbonyl (C=S) groups is 1. The molecular formula is C23H24N2O7S2. The van der Waals surface area contributed by atoms with Crippen molar-refractivity contribution in [3.8, 4) is 34.5 Å². The lowest BCUT2D eigenvalue weighted by atomic mass is 10.1. The smallest absolute Gasteiger partial charge is 0.286 e. The molecule has 2 aromatic carbocycles. The molecule has 0 N–H and O–H groups in total. The van der Waals surface area contributed by atoms with Crippen LogP contribution in [0.3, 0.4) is 0 Å². The monoisotopic (exact) mass is 504 g/mol. The second-order valence-electron chi connectivity index (χ2n) is 6.66. The molecule has 0 unspecified atom stereocenters. The quantitative estimate of drug-likeness (QED) is 0.286. The minimum Gasteiger partial charge on any atom is -0.493 e. The number of hydrogen-bond acceptors (Lipinski definition) is 10. The summed E-state index contributed by atoms with van der Waals surface area (Å²) in [6.45, 7) is 0. The van der Waals surface area contributed by atoms with Crippen LogP contribution >= 0.6 is 24.0 Å². The number of carbonyl (C=O) groups is 1. The number of benzene rings is 2. The van der Waals surface area contributed by atoms with E-state index in [-0.39, 0.29) is 5.91 Å². The molecule has 0 atom stereocenters. The summed E-state index contributed by atoms with van der Waals surface area (Å²) in [5, 5.41) is 5.44. The van der Waals surface area contributed by atoms with Crippen molar-refractivity contribution >= 4 is 46.5 Å². The lowest BCUT2D eigenvalue weighted by Crippen LogP contribution is -2.22. The molecule has 180 valence electrons. The van der Waals surface area contributed by atoms with Crippen LogP contribution in [0.25, 0.3) is 6.08 Å². The number of hydrazone groups is 1. The van der Waals surface area contributed by atoms with Gasteiger partial charge in [0, 0.05) is 5.56 Å². The number of ether oxygens (including phenoxy) is 6. The largest absolute Gasteiger partial charge is 0.493 e. The maximum Gasteiger partial charge on any atom is 0.286 e. The zero-order valence-electron chi connectivity index (χ0n) is 19.5. The minimum absolute atomic E-state index is 0.299. The Kier molecular flexibility index (Phi) is 8.24. The van der Waals surface area contributed by atoms with Crippen LogP contribution in [0.4, 0.5) is 0 Å². The van der Waals surface area contributed by atoms with Crippen molar-refractivity contribution < 1.29 is 33.2 Å². The van der Waals surface area contributed by atoms with Crippen molar-refractivity contribution in [3.05, 3.63) is 40.3 Å². The van der Waals surface area contributed by atoms with Crippen molar-refractivity contribution in [1.29, 1.82) is 0 Å². The second-order valence-corrected chi connectivity index (χ2v) is 8.33. The summed E-state index contributed by atoms with van der Waals surface area (Å²) in [5.41, 5.74) is 1.32. The van der Waals surface area contributed by atoms with Crippen LogP contribution in [0.15, 0.2) is 34.3 Å². The van der Waals surface area contributed by atoms with Gasteiger partial charge in [0.2, 0.25) is 11.5 Å². The number of rotatable bonds is 9. The van der Waals surface area contributed by atoms with Gasteiger partial charge in [-0.15, -0.1) is 0 Å². The van der Waals surface area contributed by atoms with Crippen molar-refractivity contribution in [1.82, 2.24) is 5.01 Å². The van der Waals surface area contributed by atoms with Gasteiger partial charge in [0.1, 0.15) is 0 Å². The average molecular weight is 505 g/mol. The molecule has 34 heavy (non-hydrogen) atoms. The van der Waals surface area contributed by atoms with Crippen LogP contribution < -0.4 is 28.4 Å². The molecule has 1 aliphatic heterocycles. The fourth-order valence-electron chi connectivity index (χ4n) is 3.20. The normalized spacial score (nSPS) is 14.6. The molecule has 0 bridgehead atoms. The van der Waals surface area contributed by atoms with Gasteiger partial charge in [-0.25, -0.2) is 0 Å². The highest BCUT2D eigenvalue weighted by Crippen LogP contribution is 2.41. The first kappa shape index (κ1) is 25.2. The topological polar surface area (TPSA) is 88.1 Å². The third kappa shape index (κ3) is 5.05. The van der Waals surface area contributed by atoms with Crippen molar-refractivity contribution in [3.63, 3.8) is 0 Å². The van der Waals surface area contributed by atoms with Gasteiger partial charge < -0.3 is 28.4 Å². The molecule has 11 heteroatoms. The van der Waals surface area contributed by atoms with Crippen LogP contribution in [0, 0.1) is 0 Å². The second kappa shape index (κ2) is 11.1. The maximum atomic E-state index is 13.0. The van der Waals surface area contributed by atoms with Gasteiger partial charge in [-0.05, 0) is 48.1 Å². The first-order valence-electron chi connectivity index (χ1n) is 9.82. The van der Waals surface area contributed by atoms with Crippen molar-refractivity contribution in [2.45, 2.75) is 0 Å². The molecule has 1 aliphatic rings. The molecule has 1 fully saturated rings. The van der Waals surface area contributed by atoms with Gasteiger partial charge in [-0.3, -0.25) is 4.79 Å². The van der Waals surface area contributed by atoms with Gasteiger partial charge in [-0.1, -0.05) is 11.8 Å². The predicted molar refractivity (Wildman–Crippen MR) is 135 cm³/mol. The predicted octanol–water partition coefficient (Wildman–Crippen LogP) is 3.97. The Morgan fingerprint density at radius 3 is 1.62 bits per heavy atom. The Bertz CT molecular complexity index is 1110. The standard InChI is InChI=1S/C23H24N2O7S2/c1-27-15-7-13(8-16(28-2)20(15)31-5)11-19-22(26)25(23(33)34-19)24-12-14-9-17(29-3)21(32-6)18(10-14)30-4/h7-12H,1-6H3/b19-11+,24-12+. The minimum atomic E-state index is -0.354. The van der Waals surface area contributed by atoms with Crippen LogP contribution in [-0.2, 0) is 4.79 Å². The summed E-state index contributed by atoms with van der Waals surface area (Å²) in [4.78, 5) is 13.4. The number of amides is 1. The van der Waals surface area contributed by atoms with Crippen LogP contribution in [0.1, 0.15) is 11.1 Å². The SMILES string of the molecule is COc1cc(/C=N/N2C(=O)/C(=C\c3cc(OC)c(OC)c(OC)c3)SC2=S)cc(OC)c1OC. The molecule has 1 saturated heterocycles. The Morgan fingerprint density at radius 2 is 1.21 bits per heavy atom. The summed E-state index contributed by atoms with van der Waals surface area (Å²) in [6.07, 6.45) is 3.19. The van der Waals surface area contributed by atoms with Crippen molar-refractivity contribution in [2.24, 2.45) is 5.10 Å². The zero-order valence-corrected chi connectivity index (χ0v) is 21.2. The number of thioether (sulfide) groups is 1. The highest BCUT2D eigenvalue weighted by molar-refractivity contribution is 8.26. The van der Waals surface area contributed by atoms with E-state index in [0.29, 0.717) is 54.8 Å². The molecule has 9 nitrogen and oxygen atoms in total. The van der Waals surface area contributed by atoms with E-state index in [1.54, 1.807) is 30.3 Å². The van der Waals surface area contributed by atoms with Gasteiger partial charge in [0.25, 0.3) is 5.91 Å². The Hall–Kier alpha value is -3.44. The summed E-state index contributed by atoms with van der Waals surface area (Å²) >= 11 is 6.52. The molecule has 2 aromatic rings. The Balaban J connectivity index is 1.90. The maximum absolute atomic E-state index is 13.0. The molecule has 0 saturated carbocycles. The van der Waals surface area contributed by atoms with Crippen molar-refractivity contribution in [2.75, 3.05) is 42.7 Å². The number of carbonyl (C=O) groups excluding carboxylic acids is 1. The summed E-state index contributed by atoms with van der Waals surface area (Å²) < 4.78 is 32.4. The zero-order chi connectivity index (χ0) is 24.8. The van der Waals surface area contributed by atoms with Crippen LogP contribution in [-0.4, -0.2) is 64.1 Å².